The van der Waals surface area contributed by atoms with Crippen molar-refractivity contribution in [2.24, 2.45) is 0 Å². The molecule has 112 valence electrons. The predicted octanol–water partition coefficient (Wildman–Crippen LogP) is 4.26. The van der Waals surface area contributed by atoms with E-state index in [1.807, 2.05) is 40.6 Å². The van der Waals surface area contributed by atoms with Crippen molar-refractivity contribution in [1.29, 1.82) is 0 Å². The summed E-state index contributed by atoms with van der Waals surface area (Å²) in [6.45, 7) is 0.852. The van der Waals surface area contributed by atoms with E-state index in [2.05, 4.69) is 6.07 Å². The minimum Gasteiger partial charge on any atom is -0.333 e. The van der Waals surface area contributed by atoms with Gasteiger partial charge in [0.1, 0.15) is 5.01 Å². The van der Waals surface area contributed by atoms with Crippen LogP contribution >= 0.6 is 22.7 Å². The lowest BCUT2D eigenvalue weighted by molar-refractivity contribution is -0.131. The summed E-state index contributed by atoms with van der Waals surface area (Å²) in [7, 11) is 0. The van der Waals surface area contributed by atoms with Crippen LogP contribution in [0, 0.1) is 0 Å². The van der Waals surface area contributed by atoms with Crippen molar-refractivity contribution in [2.45, 2.75) is 25.3 Å². The molecule has 0 bridgehead atoms. The molecule has 4 rings (SSSR count). The molecule has 22 heavy (non-hydrogen) atoms. The molecule has 0 aliphatic carbocycles. The highest BCUT2D eigenvalue weighted by molar-refractivity contribution is 7.18. The summed E-state index contributed by atoms with van der Waals surface area (Å²) in [5, 5.41) is 3.11. The number of benzene rings is 1. The molecule has 1 atom stereocenters. The minimum absolute atomic E-state index is 0.157. The van der Waals surface area contributed by atoms with Crippen molar-refractivity contribution in [2.75, 3.05) is 6.54 Å². The Kier molecular flexibility index (Phi) is 3.68. The number of amides is 1. The number of thiophene rings is 1. The van der Waals surface area contributed by atoms with Gasteiger partial charge in [0, 0.05) is 11.4 Å². The first-order chi connectivity index (χ1) is 10.8. The van der Waals surface area contributed by atoms with Gasteiger partial charge in [-0.2, -0.15) is 0 Å². The second kappa shape index (κ2) is 5.82. The van der Waals surface area contributed by atoms with E-state index in [1.54, 1.807) is 22.7 Å². The zero-order valence-electron chi connectivity index (χ0n) is 12.1. The van der Waals surface area contributed by atoms with Gasteiger partial charge in [0.2, 0.25) is 5.91 Å². The van der Waals surface area contributed by atoms with Gasteiger partial charge in [0.05, 0.1) is 22.7 Å². The van der Waals surface area contributed by atoms with Gasteiger partial charge in [0.15, 0.2) is 0 Å². The monoisotopic (exact) mass is 328 g/mol. The summed E-state index contributed by atoms with van der Waals surface area (Å²) in [4.78, 5) is 20.5. The van der Waals surface area contributed by atoms with Crippen LogP contribution in [0.3, 0.4) is 0 Å². The average molecular weight is 328 g/mol. The Morgan fingerprint density at radius 2 is 2.18 bits per heavy atom. The largest absolute Gasteiger partial charge is 0.333 e. The lowest BCUT2D eigenvalue weighted by atomic mass is 10.2. The summed E-state index contributed by atoms with van der Waals surface area (Å²) >= 11 is 3.37. The number of likely N-dealkylation sites (tertiary alicyclic amines) is 1. The maximum absolute atomic E-state index is 12.6. The molecule has 1 aliphatic rings. The molecule has 1 aromatic carbocycles. The van der Waals surface area contributed by atoms with Gasteiger partial charge < -0.3 is 4.90 Å². The van der Waals surface area contributed by atoms with E-state index in [0.717, 1.165) is 34.8 Å². The molecule has 1 amide bonds. The van der Waals surface area contributed by atoms with Gasteiger partial charge >= 0.3 is 0 Å². The number of rotatable bonds is 3. The van der Waals surface area contributed by atoms with E-state index in [9.17, 15) is 4.79 Å². The summed E-state index contributed by atoms with van der Waals surface area (Å²) in [6, 6.07) is 12.4. The molecule has 0 N–H and O–H groups in total. The van der Waals surface area contributed by atoms with Crippen LogP contribution in [-0.4, -0.2) is 22.3 Å². The number of hydrogen-bond donors (Lipinski definition) is 0. The molecule has 1 fully saturated rings. The van der Waals surface area contributed by atoms with Gasteiger partial charge in [-0.05, 0) is 36.4 Å². The smallest absolute Gasteiger partial charge is 0.228 e. The molecule has 1 saturated heterocycles. The topological polar surface area (TPSA) is 33.2 Å². The summed E-state index contributed by atoms with van der Waals surface area (Å²) in [6.07, 6.45) is 2.60. The summed E-state index contributed by atoms with van der Waals surface area (Å²) in [5.41, 5.74) is 1.04. The highest BCUT2D eigenvalue weighted by atomic mass is 32.1. The average Bonchev–Trinajstić information content (AvgIpc) is 3.26. The third-order valence-electron chi connectivity index (χ3n) is 4.07. The van der Waals surface area contributed by atoms with Crippen molar-refractivity contribution in [3.63, 3.8) is 0 Å². The fourth-order valence-corrected chi connectivity index (χ4v) is 4.83. The minimum atomic E-state index is 0.157. The van der Waals surface area contributed by atoms with Crippen LogP contribution in [0.1, 0.15) is 28.8 Å². The van der Waals surface area contributed by atoms with Crippen molar-refractivity contribution in [3.05, 3.63) is 51.7 Å². The first-order valence-corrected chi connectivity index (χ1v) is 9.18. The van der Waals surface area contributed by atoms with Crippen molar-refractivity contribution in [1.82, 2.24) is 9.88 Å². The van der Waals surface area contributed by atoms with Crippen LogP contribution in [0.4, 0.5) is 0 Å². The maximum atomic E-state index is 12.6. The predicted molar refractivity (Wildman–Crippen MR) is 91.3 cm³/mol. The highest BCUT2D eigenvalue weighted by Crippen LogP contribution is 2.36. The fourth-order valence-electron chi connectivity index (χ4n) is 3.02. The Bertz CT molecular complexity index is 761. The van der Waals surface area contributed by atoms with Crippen LogP contribution in [-0.2, 0) is 11.2 Å². The number of carbonyl (C=O) groups is 1. The zero-order chi connectivity index (χ0) is 14.9. The van der Waals surface area contributed by atoms with E-state index >= 15 is 0 Å². The van der Waals surface area contributed by atoms with E-state index in [1.165, 1.54) is 4.70 Å². The van der Waals surface area contributed by atoms with Gasteiger partial charge in [0.25, 0.3) is 0 Å². The summed E-state index contributed by atoms with van der Waals surface area (Å²) in [5.74, 6) is 0.226. The fraction of sp³-hybridized carbons (Fsp3) is 0.294. The Morgan fingerprint density at radius 3 is 3.00 bits per heavy atom. The second-order valence-corrected chi connectivity index (χ2v) is 7.62. The number of aromatic nitrogens is 1. The lowest BCUT2D eigenvalue weighted by Gasteiger charge is -2.22. The van der Waals surface area contributed by atoms with Crippen molar-refractivity contribution >= 4 is 38.8 Å². The van der Waals surface area contributed by atoms with Crippen molar-refractivity contribution < 1.29 is 4.79 Å². The van der Waals surface area contributed by atoms with Crippen LogP contribution < -0.4 is 0 Å². The molecule has 1 aliphatic heterocycles. The molecule has 0 spiro atoms. The number of thiazole rings is 1. The first kappa shape index (κ1) is 13.9. The first-order valence-electron chi connectivity index (χ1n) is 7.48. The van der Waals surface area contributed by atoms with Gasteiger partial charge in [-0.15, -0.1) is 22.7 Å². The van der Waals surface area contributed by atoms with E-state index in [4.69, 9.17) is 4.98 Å². The normalized spacial score (nSPS) is 18.2. The molecule has 0 radical (unpaired) electrons. The van der Waals surface area contributed by atoms with Crippen molar-refractivity contribution in [3.8, 4) is 0 Å². The number of nitrogens with zero attached hydrogens (tertiary/aromatic N) is 2. The Morgan fingerprint density at radius 1 is 1.27 bits per heavy atom. The lowest BCUT2D eigenvalue weighted by Crippen LogP contribution is -2.31. The highest BCUT2D eigenvalue weighted by Gasteiger charge is 2.32. The number of hydrogen-bond acceptors (Lipinski definition) is 4. The Labute approximate surface area is 137 Å². The molecule has 3 nitrogen and oxygen atoms in total. The van der Waals surface area contributed by atoms with Crippen LogP contribution in [0.25, 0.3) is 10.2 Å². The van der Waals surface area contributed by atoms with E-state index < -0.39 is 0 Å². The molecule has 5 heteroatoms. The van der Waals surface area contributed by atoms with E-state index in [-0.39, 0.29) is 11.9 Å². The number of carbonyl (C=O) groups excluding carboxylic acids is 1. The maximum Gasteiger partial charge on any atom is 0.228 e. The molecule has 0 saturated carbocycles. The standard InChI is InChI=1S/C17H16N2OS2/c20-16(11-12-5-4-10-21-12)19-9-3-7-14(19)17-18-13-6-1-2-8-15(13)22-17/h1-2,4-6,8,10,14H,3,7,9,11H2/t14-/m1/s1. The third-order valence-corrected chi connectivity index (χ3v) is 6.09. The van der Waals surface area contributed by atoms with Gasteiger partial charge in [-0.25, -0.2) is 4.98 Å². The SMILES string of the molecule is O=C(Cc1cccs1)N1CCC[C@@H]1c1nc2ccccc2s1. The summed E-state index contributed by atoms with van der Waals surface area (Å²) < 4.78 is 1.20. The Hall–Kier alpha value is -1.72. The number of para-hydroxylation sites is 1. The molecule has 3 heterocycles. The molecule has 0 unspecified atom stereocenters. The van der Waals surface area contributed by atoms with Crippen LogP contribution in [0.2, 0.25) is 0 Å². The zero-order valence-corrected chi connectivity index (χ0v) is 13.7. The van der Waals surface area contributed by atoms with Crippen LogP contribution in [0.5, 0.6) is 0 Å². The quantitative estimate of drug-likeness (QED) is 0.719. The molecule has 2 aromatic heterocycles. The Balaban J connectivity index is 1.58. The van der Waals surface area contributed by atoms with Crippen LogP contribution in [0.15, 0.2) is 41.8 Å². The van der Waals surface area contributed by atoms with Gasteiger partial charge in [-0.1, -0.05) is 18.2 Å². The molecule has 3 aromatic rings. The molecular formula is C17H16N2OS2. The number of fused-ring (bicyclic) bond motifs is 1. The second-order valence-electron chi connectivity index (χ2n) is 5.52. The van der Waals surface area contributed by atoms with E-state index in [0.29, 0.717) is 6.42 Å². The third kappa shape index (κ3) is 2.55. The van der Waals surface area contributed by atoms with Gasteiger partial charge in [-0.3, -0.25) is 4.79 Å². The molecular weight excluding hydrogens is 312 g/mol.